The number of rotatable bonds is 4. The molecule has 0 aromatic heterocycles. The highest BCUT2D eigenvalue weighted by Crippen LogP contribution is 2.38. The van der Waals surface area contributed by atoms with Crippen molar-refractivity contribution in [3.8, 4) is 0 Å². The van der Waals surface area contributed by atoms with Crippen LogP contribution < -0.4 is 0 Å². The third-order valence-corrected chi connectivity index (χ3v) is 5.04. The Kier molecular flexibility index (Phi) is 6.53. The molecule has 0 spiro atoms. The summed E-state index contributed by atoms with van der Waals surface area (Å²) in [6.45, 7) is 5.34. The minimum absolute atomic E-state index is 0.173. The van der Waals surface area contributed by atoms with Crippen molar-refractivity contribution >= 4 is 35.1 Å². The fourth-order valence-electron chi connectivity index (χ4n) is 3.15. The highest BCUT2D eigenvalue weighted by atomic mass is 35.5. The lowest BCUT2D eigenvalue weighted by Gasteiger charge is -2.37. The lowest BCUT2D eigenvalue weighted by Crippen LogP contribution is -2.54. The standard InChI is InChI=1S/C19H21Cl2F2NO3/c1-18(2,3)27-17(26)24-10-4-8-19(24,9-7-15(22)23)16(25)12-5-6-13(20)14(21)11-12/h5-7,11H,4,8-10H2,1-3H3. The number of carbonyl (C=O) groups excluding carboxylic acids is 2. The minimum atomic E-state index is -1.91. The van der Waals surface area contributed by atoms with Crippen molar-refractivity contribution in [2.24, 2.45) is 0 Å². The number of amides is 1. The maximum Gasteiger partial charge on any atom is 0.411 e. The second-order valence-corrected chi connectivity index (χ2v) is 8.24. The van der Waals surface area contributed by atoms with Crippen LogP contribution in [0.3, 0.4) is 0 Å². The number of halogens is 4. The van der Waals surface area contributed by atoms with Crippen LogP contribution in [0.5, 0.6) is 0 Å². The van der Waals surface area contributed by atoms with E-state index in [1.54, 1.807) is 20.8 Å². The number of benzene rings is 1. The average Bonchev–Trinajstić information content (AvgIpc) is 2.98. The van der Waals surface area contributed by atoms with Crippen LogP contribution in [-0.2, 0) is 4.74 Å². The maximum absolute atomic E-state index is 13.3. The molecule has 27 heavy (non-hydrogen) atoms. The number of ketones is 1. The van der Waals surface area contributed by atoms with Crippen LogP contribution in [0.15, 0.2) is 30.4 Å². The lowest BCUT2D eigenvalue weighted by atomic mass is 9.83. The van der Waals surface area contributed by atoms with Crippen LogP contribution in [0, 0.1) is 0 Å². The van der Waals surface area contributed by atoms with Crippen LogP contribution >= 0.6 is 23.2 Å². The van der Waals surface area contributed by atoms with Gasteiger partial charge in [-0.25, -0.2) is 4.79 Å². The summed E-state index contributed by atoms with van der Waals surface area (Å²) in [7, 11) is 0. The molecule has 1 aromatic rings. The molecular weight excluding hydrogens is 399 g/mol. The van der Waals surface area contributed by atoms with Crippen LogP contribution in [0.1, 0.15) is 50.4 Å². The van der Waals surface area contributed by atoms with Gasteiger partial charge in [0.15, 0.2) is 5.78 Å². The van der Waals surface area contributed by atoms with Gasteiger partial charge < -0.3 is 4.74 Å². The molecular formula is C19H21Cl2F2NO3. The fraction of sp³-hybridized carbons (Fsp3) is 0.474. The molecule has 2 rings (SSSR count). The predicted octanol–water partition coefficient (Wildman–Crippen LogP) is 6.12. The van der Waals surface area contributed by atoms with Gasteiger partial charge in [0.1, 0.15) is 11.1 Å². The molecule has 1 atom stereocenters. The Balaban J connectivity index is 2.47. The van der Waals surface area contributed by atoms with E-state index in [9.17, 15) is 18.4 Å². The molecule has 1 unspecified atom stereocenters. The minimum Gasteiger partial charge on any atom is -0.444 e. The molecule has 0 saturated carbocycles. The van der Waals surface area contributed by atoms with Crippen molar-refractivity contribution in [1.29, 1.82) is 0 Å². The van der Waals surface area contributed by atoms with Crippen LogP contribution in [0.25, 0.3) is 0 Å². The number of Topliss-reactive ketones (excluding diaryl/α,β-unsaturated/α-hetero) is 1. The molecule has 0 N–H and O–H groups in total. The van der Waals surface area contributed by atoms with Crippen molar-refractivity contribution < 1.29 is 23.1 Å². The quantitative estimate of drug-likeness (QED) is 0.552. The van der Waals surface area contributed by atoms with Gasteiger partial charge in [-0.05, 0) is 57.9 Å². The van der Waals surface area contributed by atoms with Crippen molar-refractivity contribution in [2.75, 3.05) is 6.54 Å². The van der Waals surface area contributed by atoms with E-state index in [0.717, 1.165) is 0 Å². The van der Waals surface area contributed by atoms with Crippen LogP contribution in [0.4, 0.5) is 13.6 Å². The molecule has 0 aliphatic carbocycles. The van der Waals surface area contributed by atoms with Gasteiger partial charge >= 0.3 is 6.09 Å². The zero-order valence-corrected chi connectivity index (χ0v) is 16.8. The number of hydrogen-bond acceptors (Lipinski definition) is 3. The van der Waals surface area contributed by atoms with E-state index in [1.807, 2.05) is 0 Å². The average molecular weight is 420 g/mol. The number of carbonyl (C=O) groups is 2. The number of hydrogen-bond donors (Lipinski definition) is 0. The van der Waals surface area contributed by atoms with E-state index >= 15 is 0 Å². The summed E-state index contributed by atoms with van der Waals surface area (Å²) in [6, 6.07) is 4.32. The van der Waals surface area contributed by atoms with Crippen molar-refractivity contribution in [1.82, 2.24) is 4.90 Å². The molecule has 1 heterocycles. The molecule has 148 valence electrons. The Morgan fingerprint density at radius 2 is 1.93 bits per heavy atom. The van der Waals surface area contributed by atoms with E-state index in [0.29, 0.717) is 12.5 Å². The van der Waals surface area contributed by atoms with E-state index in [2.05, 4.69) is 0 Å². The first-order valence-electron chi connectivity index (χ1n) is 8.48. The highest BCUT2D eigenvalue weighted by molar-refractivity contribution is 6.42. The zero-order valence-electron chi connectivity index (χ0n) is 15.3. The number of ether oxygens (including phenoxy) is 1. The van der Waals surface area contributed by atoms with E-state index in [-0.39, 0.29) is 35.0 Å². The second-order valence-electron chi connectivity index (χ2n) is 7.42. The summed E-state index contributed by atoms with van der Waals surface area (Å²) < 4.78 is 31.0. The smallest absolute Gasteiger partial charge is 0.411 e. The summed E-state index contributed by atoms with van der Waals surface area (Å²) in [6.07, 6.45) is -1.53. The van der Waals surface area contributed by atoms with Crippen LogP contribution in [0.2, 0.25) is 10.0 Å². The normalized spacial score (nSPS) is 19.7. The molecule has 1 amide bonds. The first kappa shape index (κ1) is 21.6. The van der Waals surface area contributed by atoms with E-state index in [4.69, 9.17) is 27.9 Å². The monoisotopic (exact) mass is 419 g/mol. The van der Waals surface area contributed by atoms with E-state index < -0.39 is 29.1 Å². The first-order valence-corrected chi connectivity index (χ1v) is 9.23. The van der Waals surface area contributed by atoms with Gasteiger partial charge in [0.05, 0.1) is 10.0 Å². The fourth-order valence-corrected chi connectivity index (χ4v) is 3.45. The SMILES string of the molecule is CC(C)(C)OC(=O)N1CCCC1(CC=C(F)F)C(=O)c1ccc(Cl)c(Cl)c1. The Morgan fingerprint density at radius 3 is 2.48 bits per heavy atom. The summed E-state index contributed by atoms with van der Waals surface area (Å²) in [4.78, 5) is 27.2. The number of nitrogens with zero attached hydrogens (tertiary/aromatic N) is 1. The largest absolute Gasteiger partial charge is 0.444 e. The molecule has 1 fully saturated rings. The van der Waals surface area contributed by atoms with Gasteiger partial charge in [-0.2, -0.15) is 8.78 Å². The highest BCUT2D eigenvalue weighted by Gasteiger charge is 2.50. The van der Waals surface area contributed by atoms with Gasteiger partial charge in [-0.1, -0.05) is 23.2 Å². The topological polar surface area (TPSA) is 46.6 Å². The van der Waals surface area contributed by atoms with Gasteiger partial charge in [0.2, 0.25) is 0 Å². The second kappa shape index (κ2) is 8.15. The Labute approximate surface area is 167 Å². The third-order valence-electron chi connectivity index (χ3n) is 4.30. The van der Waals surface area contributed by atoms with Gasteiger partial charge in [0, 0.05) is 18.5 Å². The zero-order chi connectivity index (χ0) is 20.4. The van der Waals surface area contributed by atoms with Gasteiger partial charge in [-0.3, -0.25) is 9.69 Å². The molecule has 4 nitrogen and oxygen atoms in total. The Morgan fingerprint density at radius 1 is 1.26 bits per heavy atom. The summed E-state index contributed by atoms with van der Waals surface area (Å²) in [5, 5.41) is 0.444. The molecule has 0 radical (unpaired) electrons. The molecule has 1 aliphatic rings. The number of likely N-dealkylation sites (tertiary alicyclic amines) is 1. The first-order chi connectivity index (χ1) is 12.5. The van der Waals surface area contributed by atoms with Crippen LogP contribution in [-0.4, -0.2) is 34.5 Å². The summed E-state index contributed by atoms with van der Waals surface area (Å²) >= 11 is 11.9. The third kappa shape index (κ3) is 4.99. The molecule has 1 aromatic carbocycles. The van der Waals surface area contributed by atoms with Gasteiger partial charge in [-0.15, -0.1) is 0 Å². The molecule has 8 heteroatoms. The lowest BCUT2D eigenvalue weighted by molar-refractivity contribution is 0.00898. The van der Waals surface area contributed by atoms with Crippen molar-refractivity contribution in [2.45, 2.75) is 51.2 Å². The molecule has 1 saturated heterocycles. The van der Waals surface area contributed by atoms with Crippen molar-refractivity contribution in [3.63, 3.8) is 0 Å². The predicted molar refractivity (Wildman–Crippen MR) is 101 cm³/mol. The maximum atomic E-state index is 13.3. The van der Waals surface area contributed by atoms with E-state index in [1.165, 1.54) is 23.1 Å². The van der Waals surface area contributed by atoms with Crippen molar-refractivity contribution in [3.05, 3.63) is 46.0 Å². The molecule has 0 bridgehead atoms. The van der Waals surface area contributed by atoms with Gasteiger partial charge in [0.25, 0.3) is 6.08 Å². The Hall–Kier alpha value is -1.66. The summed E-state index contributed by atoms with van der Waals surface area (Å²) in [5.41, 5.74) is -2.03. The summed E-state index contributed by atoms with van der Waals surface area (Å²) in [5.74, 6) is -0.470. The Bertz CT molecular complexity index is 773. The molecule has 1 aliphatic heterocycles.